The number of amides is 1. The molecule has 0 saturated carbocycles. The van der Waals surface area contributed by atoms with E-state index >= 15 is 0 Å². The first-order valence-electron chi connectivity index (χ1n) is 8.37. The van der Waals surface area contributed by atoms with Crippen molar-refractivity contribution in [2.75, 3.05) is 18.4 Å². The smallest absolute Gasteiger partial charge is 0.263 e. The van der Waals surface area contributed by atoms with Crippen LogP contribution in [0.1, 0.15) is 41.7 Å². The molecular weight excluding hydrogens is 306 g/mol. The fraction of sp³-hybridized carbons (Fsp3) is 0.471. The second-order valence-corrected chi connectivity index (χ2v) is 6.08. The van der Waals surface area contributed by atoms with Gasteiger partial charge in [0, 0.05) is 31.0 Å². The average Bonchev–Trinajstić information content (AvgIpc) is 3.03. The van der Waals surface area contributed by atoms with Crippen LogP contribution in [0.3, 0.4) is 0 Å². The summed E-state index contributed by atoms with van der Waals surface area (Å²) in [6.45, 7) is 6.26. The van der Waals surface area contributed by atoms with Gasteiger partial charge in [0.2, 0.25) is 0 Å². The molecule has 2 aromatic rings. The zero-order valence-electron chi connectivity index (χ0n) is 14.1. The Kier molecular flexibility index (Phi) is 4.80. The fourth-order valence-corrected chi connectivity index (χ4v) is 3.07. The molecule has 1 aliphatic heterocycles. The maximum absolute atomic E-state index is 12.8. The third kappa shape index (κ3) is 3.26. The molecular formula is C17H23N5O2. The molecule has 3 rings (SSSR count). The molecule has 3 heterocycles. The molecule has 0 spiro atoms. The first-order valence-corrected chi connectivity index (χ1v) is 8.37. The second-order valence-electron chi connectivity index (χ2n) is 6.08. The van der Waals surface area contributed by atoms with Crippen molar-refractivity contribution in [3.63, 3.8) is 0 Å². The van der Waals surface area contributed by atoms with E-state index in [2.05, 4.69) is 15.7 Å². The molecule has 128 valence electrons. The second kappa shape index (κ2) is 7.00. The van der Waals surface area contributed by atoms with Crippen molar-refractivity contribution in [2.24, 2.45) is 0 Å². The first kappa shape index (κ1) is 16.4. The van der Waals surface area contributed by atoms with Crippen LogP contribution in [-0.4, -0.2) is 33.3 Å². The zero-order chi connectivity index (χ0) is 17.1. The van der Waals surface area contributed by atoms with Crippen LogP contribution in [-0.2, 0) is 6.54 Å². The predicted molar refractivity (Wildman–Crippen MR) is 92.4 cm³/mol. The number of aryl methyl sites for hydroxylation is 2. The molecule has 0 aliphatic carbocycles. The first-order chi connectivity index (χ1) is 11.6. The highest BCUT2D eigenvalue weighted by atomic mass is 16.2. The SMILES string of the molecule is CCn1ccc(NC(=O)c2c(C)ccn(C3CCNCC3)c2=O)n1. The number of hydrogen-bond acceptors (Lipinski definition) is 4. The van der Waals surface area contributed by atoms with Gasteiger partial charge in [0.25, 0.3) is 11.5 Å². The molecule has 0 aromatic carbocycles. The lowest BCUT2D eigenvalue weighted by Gasteiger charge is -2.25. The number of anilines is 1. The van der Waals surface area contributed by atoms with Gasteiger partial charge < -0.3 is 15.2 Å². The van der Waals surface area contributed by atoms with E-state index in [1.54, 1.807) is 34.6 Å². The van der Waals surface area contributed by atoms with Crippen molar-refractivity contribution in [1.82, 2.24) is 19.7 Å². The fourth-order valence-electron chi connectivity index (χ4n) is 3.07. The molecule has 1 saturated heterocycles. The number of nitrogens with zero attached hydrogens (tertiary/aromatic N) is 3. The monoisotopic (exact) mass is 329 g/mol. The lowest BCUT2D eigenvalue weighted by Crippen LogP contribution is -2.37. The van der Waals surface area contributed by atoms with Crippen LogP contribution < -0.4 is 16.2 Å². The molecule has 7 nitrogen and oxygen atoms in total. The molecule has 2 aromatic heterocycles. The van der Waals surface area contributed by atoms with E-state index < -0.39 is 5.91 Å². The van der Waals surface area contributed by atoms with Gasteiger partial charge in [0.05, 0.1) is 0 Å². The summed E-state index contributed by atoms with van der Waals surface area (Å²) in [4.78, 5) is 25.4. The Balaban J connectivity index is 1.88. The van der Waals surface area contributed by atoms with Gasteiger partial charge in [-0.15, -0.1) is 0 Å². The van der Waals surface area contributed by atoms with Gasteiger partial charge >= 0.3 is 0 Å². The number of aromatic nitrogens is 3. The number of rotatable bonds is 4. The van der Waals surface area contributed by atoms with E-state index in [4.69, 9.17) is 0 Å². The maximum Gasteiger partial charge on any atom is 0.263 e. The Morgan fingerprint density at radius 3 is 2.75 bits per heavy atom. The lowest BCUT2D eigenvalue weighted by atomic mass is 10.0. The highest BCUT2D eigenvalue weighted by Crippen LogP contribution is 2.17. The minimum Gasteiger partial charge on any atom is -0.317 e. The molecule has 2 N–H and O–H groups in total. The zero-order valence-corrected chi connectivity index (χ0v) is 14.1. The number of carbonyl (C=O) groups is 1. The Hall–Kier alpha value is -2.41. The van der Waals surface area contributed by atoms with Crippen LogP contribution in [0.4, 0.5) is 5.82 Å². The predicted octanol–water partition coefficient (Wildman–Crippen LogP) is 1.55. The van der Waals surface area contributed by atoms with Crippen molar-refractivity contribution in [2.45, 2.75) is 39.3 Å². The molecule has 24 heavy (non-hydrogen) atoms. The largest absolute Gasteiger partial charge is 0.317 e. The van der Waals surface area contributed by atoms with Crippen LogP contribution in [0.2, 0.25) is 0 Å². The quantitative estimate of drug-likeness (QED) is 0.892. The Labute approximate surface area is 140 Å². The highest BCUT2D eigenvalue weighted by molar-refractivity contribution is 6.04. The molecule has 1 amide bonds. The van der Waals surface area contributed by atoms with E-state index in [-0.39, 0.29) is 17.2 Å². The summed E-state index contributed by atoms with van der Waals surface area (Å²) < 4.78 is 3.42. The molecule has 0 bridgehead atoms. The van der Waals surface area contributed by atoms with Crippen LogP contribution in [0.5, 0.6) is 0 Å². The summed E-state index contributed by atoms with van der Waals surface area (Å²) in [6, 6.07) is 3.71. The standard InChI is InChI=1S/C17H23N5O2/c1-3-21-10-7-14(20-21)19-16(23)15-12(2)6-11-22(17(15)24)13-4-8-18-9-5-13/h6-7,10-11,13,18H,3-5,8-9H2,1-2H3,(H,19,20,23). The van der Waals surface area contributed by atoms with Crippen LogP contribution in [0, 0.1) is 6.92 Å². The summed E-state index contributed by atoms with van der Waals surface area (Å²) >= 11 is 0. The van der Waals surface area contributed by atoms with Gasteiger partial charge in [-0.05, 0) is 51.4 Å². The van der Waals surface area contributed by atoms with E-state index in [9.17, 15) is 9.59 Å². The number of carbonyl (C=O) groups excluding carboxylic acids is 1. The number of pyridine rings is 1. The van der Waals surface area contributed by atoms with Crippen molar-refractivity contribution in [1.29, 1.82) is 0 Å². The minimum absolute atomic E-state index is 0.144. The average molecular weight is 329 g/mol. The van der Waals surface area contributed by atoms with E-state index in [0.29, 0.717) is 11.4 Å². The van der Waals surface area contributed by atoms with Gasteiger partial charge in [-0.25, -0.2) is 0 Å². The molecule has 1 aliphatic rings. The minimum atomic E-state index is -0.401. The summed E-state index contributed by atoms with van der Waals surface area (Å²) in [7, 11) is 0. The third-order valence-corrected chi connectivity index (χ3v) is 4.46. The van der Waals surface area contributed by atoms with Crippen LogP contribution in [0.15, 0.2) is 29.3 Å². The van der Waals surface area contributed by atoms with Gasteiger partial charge in [-0.2, -0.15) is 5.10 Å². The molecule has 0 atom stereocenters. The molecule has 7 heteroatoms. The highest BCUT2D eigenvalue weighted by Gasteiger charge is 2.21. The Morgan fingerprint density at radius 1 is 1.33 bits per heavy atom. The number of nitrogens with one attached hydrogen (secondary N) is 2. The van der Waals surface area contributed by atoms with Crippen LogP contribution in [0.25, 0.3) is 0 Å². The Bertz CT molecular complexity index is 787. The van der Waals surface area contributed by atoms with Gasteiger partial charge in [-0.1, -0.05) is 0 Å². The van der Waals surface area contributed by atoms with Crippen molar-refractivity contribution in [3.05, 3.63) is 46.0 Å². The summed E-state index contributed by atoms with van der Waals surface area (Å²) in [6.07, 6.45) is 5.38. The van der Waals surface area contributed by atoms with Crippen molar-refractivity contribution in [3.8, 4) is 0 Å². The summed E-state index contributed by atoms with van der Waals surface area (Å²) in [5.74, 6) is 0.0556. The van der Waals surface area contributed by atoms with Crippen molar-refractivity contribution < 1.29 is 4.79 Å². The summed E-state index contributed by atoms with van der Waals surface area (Å²) in [5.41, 5.74) is 0.647. The van der Waals surface area contributed by atoms with Gasteiger partial charge in [0.15, 0.2) is 5.82 Å². The lowest BCUT2D eigenvalue weighted by molar-refractivity contribution is 0.102. The Morgan fingerprint density at radius 2 is 2.08 bits per heavy atom. The number of piperidine rings is 1. The topological polar surface area (TPSA) is 81.0 Å². The molecule has 0 radical (unpaired) electrons. The van der Waals surface area contributed by atoms with E-state index in [1.165, 1.54) is 0 Å². The number of hydrogen-bond donors (Lipinski definition) is 2. The maximum atomic E-state index is 12.8. The normalized spacial score (nSPS) is 15.4. The van der Waals surface area contributed by atoms with Gasteiger partial charge in [0.1, 0.15) is 5.56 Å². The van der Waals surface area contributed by atoms with E-state index in [1.807, 2.05) is 13.0 Å². The van der Waals surface area contributed by atoms with Crippen LogP contribution >= 0.6 is 0 Å². The third-order valence-electron chi connectivity index (χ3n) is 4.46. The molecule has 1 fully saturated rings. The van der Waals surface area contributed by atoms with Gasteiger partial charge in [-0.3, -0.25) is 14.3 Å². The molecule has 0 unspecified atom stereocenters. The summed E-state index contributed by atoms with van der Waals surface area (Å²) in [5, 5.41) is 10.2. The van der Waals surface area contributed by atoms with E-state index in [0.717, 1.165) is 32.5 Å². The van der Waals surface area contributed by atoms with Crippen molar-refractivity contribution >= 4 is 11.7 Å².